The van der Waals surface area contributed by atoms with Crippen LogP contribution in [0.15, 0.2) is 53.3 Å². The molecule has 0 radical (unpaired) electrons. The maximum Gasteiger partial charge on any atom is 0.320 e. The Morgan fingerprint density at radius 2 is 1.82 bits per heavy atom. The molecule has 314 valence electrons. The molecule has 5 aromatic rings. The third-order valence-corrected chi connectivity index (χ3v) is 13.8. The van der Waals surface area contributed by atoms with Crippen LogP contribution in [-0.4, -0.2) is 117 Å². The lowest BCUT2D eigenvalue weighted by molar-refractivity contribution is -0.134. The number of fused-ring (bicyclic) bond motifs is 3. The number of H-pyrrole nitrogens is 1. The lowest BCUT2D eigenvalue weighted by Gasteiger charge is -2.41. The van der Waals surface area contributed by atoms with Gasteiger partial charge in [-0.25, -0.2) is 14.8 Å². The number of piperidine rings is 3. The predicted octanol–water partition coefficient (Wildman–Crippen LogP) is 5.02. The molecule has 16 heteroatoms. The number of hydrogen-bond acceptors (Lipinski definition) is 12. The number of urea groups is 1. The van der Waals surface area contributed by atoms with E-state index in [0.717, 1.165) is 99.8 Å². The minimum absolute atomic E-state index is 0.0818. The number of aromatic amines is 1. The number of aromatic nitrogens is 4. The Morgan fingerprint density at radius 1 is 1.00 bits per heavy atom. The van der Waals surface area contributed by atoms with Gasteiger partial charge in [0, 0.05) is 69.0 Å². The number of likely N-dealkylation sites (N-methyl/N-ethyl adjacent to an activating group) is 1. The molecule has 0 spiro atoms. The summed E-state index contributed by atoms with van der Waals surface area (Å²) >= 11 is 0. The quantitative estimate of drug-likeness (QED) is 0.0933. The first-order valence-corrected chi connectivity index (χ1v) is 21.6. The van der Waals surface area contributed by atoms with Crippen LogP contribution in [0.2, 0.25) is 0 Å². The summed E-state index contributed by atoms with van der Waals surface area (Å²) in [6.07, 6.45) is 9.42. The fourth-order valence-electron chi connectivity index (χ4n) is 10.4. The number of benzene rings is 2. The van der Waals surface area contributed by atoms with E-state index in [-0.39, 0.29) is 29.6 Å². The smallest absolute Gasteiger partial charge is 0.320 e. The largest absolute Gasteiger partial charge is 0.373 e. The zero-order chi connectivity index (χ0) is 41.1. The molecule has 4 amide bonds. The van der Waals surface area contributed by atoms with Gasteiger partial charge in [-0.05, 0) is 111 Å². The lowest BCUT2D eigenvalue weighted by Crippen LogP contribution is -2.49. The number of amides is 4. The number of nitrogens with zero attached hydrogens (tertiary/aromatic N) is 7. The number of rotatable bonds is 10. The van der Waals surface area contributed by atoms with E-state index in [1.165, 1.54) is 11.1 Å². The summed E-state index contributed by atoms with van der Waals surface area (Å²) in [6, 6.07) is 12.9. The summed E-state index contributed by atoms with van der Waals surface area (Å²) in [5.41, 5.74) is 12.0. The fraction of sp³-hybridized carbons (Fsp3) is 0.500. The predicted molar refractivity (Wildman–Crippen MR) is 226 cm³/mol. The highest BCUT2D eigenvalue weighted by molar-refractivity contribution is 6.10. The van der Waals surface area contributed by atoms with Crippen LogP contribution in [0.5, 0.6) is 0 Å². The molecule has 5 aliphatic rings. The normalized spacial score (nSPS) is 25.0. The van der Waals surface area contributed by atoms with Crippen molar-refractivity contribution >= 4 is 57.0 Å². The number of hydrogen-bond donors (Lipinski definition) is 5. The van der Waals surface area contributed by atoms with Crippen LogP contribution in [0.4, 0.5) is 22.1 Å². The minimum Gasteiger partial charge on any atom is -0.373 e. The third-order valence-electron chi connectivity index (χ3n) is 13.8. The second-order valence-corrected chi connectivity index (χ2v) is 17.6. The number of anilines is 3. The summed E-state index contributed by atoms with van der Waals surface area (Å²) in [7, 11) is 1.85. The summed E-state index contributed by atoms with van der Waals surface area (Å²) in [4.78, 5) is 58.6. The SMILES string of the molecule is CN1CCN([C@@H]2CCCN(c3cnc(C(N)O)c(Nc4ccc(C5CCN(CC6CC(c7cc8onc(C9CCC(=O)NC9=O)c8c8cc[nH]c78)C6)CC5)cc4)n3)C2)C1=O. The van der Waals surface area contributed by atoms with Gasteiger partial charge < -0.3 is 45.3 Å². The van der Waals surface area contributed by atoms with Crippen molar-refractivity contribution in [3.05, 3.63) is 71.3 Å². The molecule has 1 saturated carbocycles. The van der Waals surface area contributed by atoms with E-state index in [4.69, 9.17) is 15.2 Å². The van der Waals surface area contributed by atoms with Crippen LogP contribution in [0.1, 0.15) is 97.9 Å². The van der Waals surface area contributed by atoms with Gasteiger partial charge in [0.2, 0.25) is 11.8 Å². The Morgan fingerprint density at radius 3 is 2.57 bits per heavy atom. The second-order valence-electron chi connectivity index (χ2n) is 17.6. The zero-order valence-electron chi connectivity index (χ0n) is 34.0. The van der Waals surface area contributed by atoms with Crippen LogP contribution in [0.3, 0.4) is 0 Å². The number of nitrogens with two attached hydrogens (primary N) is 1. The number of aliphatic hydroxyl groups excluding tert-OH is 1. The molecule has 3 aromatic heterocycles. The average molecular weight is 816 g/mol. The van der Waals surface area contributed by atoms with Crippen molar-refractivity contribution in [2.24, 2.45) is 11.7 Å². The third kappa shape index (κ3) is 7.23. The molecule has 2 unspecified atom stereocenters. The Balaban J connectivity index is 0.734. The van der Waals surface area contributed by atoms with Gasteiger partial charge >= 0.3 is 6.03 Å². The van der Waals surface area contributed by atoms with Crippen LogP contribution < -0.4 is 21.3 Å². The van der Waals surface area contributed by atoms with Crippen molar-refractivity contribution in [3.63, 3.8) is 0 Å². The van der Waals surface area contributed by atoms with E-state index in [0.29, 0.717) is 60.1 Å². The molecule has 16 nitrogen and oxygen atoms in total. The number of nitrogens with one attached hydrogen (secondary N) is 3. The molecule has 1 aliphatic carbocycles. The molecule has 0 bridgehead atoms. The Kier molecular flexibility index (Phi) is 10.2. The maximum absolute atomic E-state index is 12.7. The van der Waals surface area contributed by atoms with Gasteiger partial charge in [-0.3, -0.25) is 14.9 Å². The summed E-state index contributed by atoms with van der Waals surface area (Å²) in [5, 5.41) is 22.4. The summed E-state index contributed by atoms with van der Waals surface area (Å²) < 4.78 is 5.83. The molecular formula is C44H53N11O5. The van der Waals surface area contributed by atoms with Gasteiger partial charge in [0.25, 0.3) is 0 Å². The second kappa shape index (κ2) is 15.8. The molecule has 4 saturated heterocycles. The lowest BCUT2D eigenvalue weighted by atomic mass is 9.70. The molecule has 3 atom stereocenters. The number of aliphatic hydroxyl groups is 1. The van der Waals surface area contributed by atoms with Crippen molar-refractivity contribution in [1.82, 2.24) is 40.1 Å². The highest BCUT2D eigenvalue weighted by Gasteiger charge is 2.38. The van der Waals surface area contributed by atoms with Crippen LogP contribution in [0, 0.1) is 5.92 Å². The summed E-state index contributed by atoms with van der Waals surface area (Å²) in [6.45, 7) is 6.23. The monoisotopic (exact) mass is 815 g/mol. The molecule has 60 heavy (non-hydrogen) atoms. The fourth-order valence-corrected chi connectivity index (χ4v) is 10.4. The minimum atomic E-state index is -1.28. The first kappa shape index (κ1) is 38.6. The molecule has 7 heterocycles. The Labute approximate surface area is 347 Å². The van der Waals surface area contributed by atoms with Crippen molar-refractivity contribution in [3.8, 4) is 0 Å². The van der Waals surface area contributed by atoms with Gasteiger partial charge in [-0.1, -0.05) is 17.3 Å². The summed E-state index contributed by atoms with van der Waals surface area (Å²) in [5.74, 6) is 1.63. The van der Waals surface area contributed by atoms with Gasteiger partial charge in [-0.15, -0.1) is 0 Å². The van der Waals surface area contributed by atoms with Crippen molar-refractivity contribution < 1.29 is 24.0 Å². The molecule has 10 rings (SSSR count). The topological polar surface area (TPSA) is 202 Å². The van der Waals surface area contributed by atoms with Crippen LogP contribution in [0.25, 0.3) is 21.9 Å². The maximum atomic E-state index is 12.7. The number of likely N-dealkylation sites (tertiary alicyclic amines) is 1. The first-order valence-electron chi connectivity index (χ1n) is 21.6. The standard InChI is InChI=1S/C44H53N11O5/c1-52-17-18-55(44(52)59)30-3-2-14-54(24-30)35-22-47-40(41(45)57)42(49-35)48-29-6-4-26(5-7-29)27-11-15-53(16-12-27)23-25-19-28(20-25)33-21-34-37(31-10-13-46-38(31)33)39(51-60-34)32-8-9-36(56)50-43(32)58/h4-7,10,13,21-22,25,27-28,30,32,41,46,57H,2-3,8-9,11-12,14-20,23-24,45H2,1H3,(H,48,49)(H,50,56,58)/t25?,28?,30-,32?,41?/m1/s1. The zero-order valence-corrected chi connectivity index (χ0v) is 34.0. The van der Waals surface area contributed by atoms with Crippen molar-refractivity contribution in [1.29, 1.82) is 0 Å². The Bertz CT molecular complexity index is 2420. The van der Waals surface area contributed by atoms with E-state index in [2.05, 4.69) is 65.9 Å². The van der Waals surface area contributed by atoms with Crippen molar-refractivity contribution in [2.45, 2.75) is 81.4 Å². The van der Waals surface area contributed by atoms with E-state index in [1.807, 2.05) is 24.2 Å². The number of carbonyl (C=O) groups excluding carboxylic acids is 3. The molecule has 4 aliphatic heterocycles. The van der Waals surface area contributed by atoms with Crippen molar-refractivity contribution in [2.75, 3.05) is 63.1 Å². The molecule has 5 fully saturated rings. The van der Waals surface area contributed by atoms with Gasteiger partial charge in [0.1, 0.15) is 23.4 Å². The van der Waals surface area contributed by atoms with E-state index in [1.54, 1.807) is 11.1 Å². The van der Waals surface area contributed by atoms with Crippen LogP contribution >= 0.6 is 0 Å². The van der Waals surface area contributed by atoms with E-state index in [9.17, 15) is 19.5 Å². The van der Waals surface area contributed by atoms with Gasteiger partial charge in [-0.2, -0.15) is 0 Å². The molecule has 6 N–H and O–H groups in total. The highest BCUT2D eigenvalue weighted by Crippen LogP contribution is 2.47. The number of imide groups is 1. The molecule has 2 aromatic carbocycles. The van der Waals surface area contributed by atoms with E-state index >= 15 is 0 Å². The number of carbonyl (C=O) groups is 3. The first-order chi connectivity index (χ1) is 29.2. The highest BCUT2D eigenvalue weighted by atomic mass is 16.5. The average Bonchev–Trinajstić information content (AvgIpc) is 3.98. The van der Waals surface area contributed by atoms with E-state index < -0.39 is 12.1 Å². The Hall–Kier alpha value is -5.58. The van der Waals surface area contributed by atoms with Gasteiger partial charge in [0.15, 0.2) is 11.4 Å². The molecular weight excluding hydrogens is 763 g/mol. The van der Waals surface area contributed by atoms with Gasteiger partial charge in [0.05, 0.1) is 23.5 Å². The van der Waals surface area contributed by atoms with Crippen LogP contribution in [-0.2, 0) is 9.59 Å².